The van der Waals surface area contributed by atoms with Crippen molar-refractivity contribution in [2.75, 3.05) is 13.2 Å². The van der Waals surface area contributed by atoms with Gasteiger partial charge in [-0.25, -0.2) is 4.39 Å². The molecule has 34 heavy (non-hydrogen) atoms. The van der Waals surface area contributed by atoms with E-state index in [1.54, 1.807) is 54.6 Å². The summed E-state index contributed by atoms with van der Waals surface area (Å²) in [5, 5.41) is 0. The number of hydrogen-bond acceptors (Lipinski definition) is 7. The smallest absolute Gasteiger partial charge is 0.306 e. The Morgan fingerprint density at radius 1 is 0.971 bits per heavy atom. The molecule has 4 rings (SSSR count). The van der Waals surface area contributed by atoms with Crippen molar-refractivity contribution in [3.05, 3.63) is 72.2 Å². The van der Waals surface area contributed by atoms with Gasteiger partial charge in [-0.2, -0.15) is 0 Å². The first kappa shape index (κ1) is 22.8. The van der Waals surface area contributed by atoms with Crippen molar-refractivity contribution >= 4 is 17.8 Å². The Morgan fingerprint density at radius 2 is 1.74 bits per heavy atom. The van der Waals surface area contributed by atoms with Gasteiger partial charge >= 0.3 is 5.97 Å². The number of nitrogens with one attached hydrogen (secondary N) is 2. The summed E-state index contributed by atoms with van der Waals surface area (Å²) in [5.41, 5.74) is 4.68. The van der Waals surface area contributed by atoms with E-state index in [0.29, 0.717) is 28.6 Å². The largest absolute Gasteiger partial charge is 0.485 e. The third-order valence-corrected chi connectivity index (χ3v) is 4.87. The molecule has 0 aliphatic carbocycles. The molecule has 9 nitrogen and oxygen atoms in total. The molecule has 0 saturated carbocycles. The second kappa shape index (κ2) is 10.5. The van der Waals surface area contributed by atoms with Crippen LogP contribution in [0.1, 0.15) is 12.2 Å². The number of esters is 1. The molecule has 0 spiro atoms. The number of carbonyl (C=O) groups is 3. The predicted octanol–water partition coefficient (Wildman–Crippen LogP) is 2.55. The van der Waals surface area contributed by atoms with Gasteiger partial charge in [0.2, 0.25) is 6.10 Å². The number of furan rings is 1. The van der Waals surface area contributed by atoms with E-state index in [9.17, 15) is 18.8 Å². The summed E-state index contributed by atoms with van der Waals surface area (Å²) >= 11 is 0. The zero-order valence-electron chi connectivity index (χ0n) is 17.9. The normalized spacial score (nSPS) is 14.2. The molecule has 2 N–H and O–H groups in total. The van der Waals surface area contributed by atoms with Crippen molar-refractivity contribution in [3.63, 3.8) is 0 Å². The molecule has 0 bridgehead atoms. The average Bonchev–Trinajstić information content (AvgIpc) is 3.33. The number of hydrogen-bond donors (Lipinski definition) is 2. The number of amides is 2. The molecule has 2 aromatic carbocycles. The number of para-hydroxylation sites is 2. The quantitative estimate of drug-likeness (QED) is 0.404. The van der Waals surface area contributed by atoms with Crippen molar-refractivity contribution < 1.29 is 37.4 Å². The minimum absolute atomic E-state index is 0.0148. The minimum atomic E-state index is -0.944. The molecule has 3 aromatic rings. The van der Waals surface area contributed by atoms with Gasteiger partial charge in [-0.1, -0.05) is 24.3 Å². The fourth-order valence-electron chi connectivity index (χ4n) is 3.16. The number of halogens is 1. The maximum absolute atomic E-state index is 13.8. The molecule has 0 fully saturated rings. The molecular formula is C24H21FN2O7. The van der Waals surface area contributed by atoms with Crippen LogP contribution < -0.4 is 20.3 Å². The van der Waals surface area contributed by atoms with E-state index in [-0.39, 0.29) is 19.4 Å². The Kier molecular flexibility index (Phi) is 7.07. The van der Waals surface area contributed by atoms with Gasteiger partial charge in [0, 0.05) is 6.42 Å². The second-order valence-electron chi connectivity index (χ2n) is 7.31. The molecule has 1 aliphatic heterocycles. The van der Waals surface area contributed by atoms with Crippen LogP contribution in [0, 0.1) is 5.82 Å². The van der Waals surface area contributed by atoms with Crippen LogP contribution in [0.4, 0.5) is 4.39 Å². The molecule has 2 amide bonds. The number of carbonyl (C=O) groups excluding carboxylic acids is 3. The Labute approximate surface area is 193 Å². The molecule has 0 radical (unpaired) electrons. The number of rotatable bonds is 7. The summed E-state index contributed by atoms with van der Waals surface area (Å²) in [6.45, 7) is -0.596. The lowest BCUT2D eigenvalue weighted by Gasteiger charge is -2.25. The first-order chi connectivity index (χ1) is 16.5. The monoisotopic (exact) mass is 468 g/mol. The minimum Gasteiger partial charge on any atom is -0.485 e. The van der Waals surface area contributed by atoms with Crippen molar-refractivity contribution in [2.45, 2.75) is 18.9 Å². The number of aryl methyl sites for hydroxylation is 1. The van der Waals surface area contributed by atoms with Crippen LogP contribution in [0.15, 0.2) is 65.1 Å². The van der Waals surface area contributed by atoms with E-state index in [2.05, 4.69) is 10.9 Å². The Balaban J connectivity index is 1.15. The molecule has 1 aromatic heterocycles. The van der Waals surface area contributed by atoms with Gasteiger partial charge in [-0.3, -0.25) is 25.2 Å². The van der Waals surface area contributed by atoms with Crippen molar-refractivity contribution in [3.8, 4) is 22.8 Å². The summed E-state index contributed by atoms with van der Waals surface area (Å²) in [6, 6.07) is 16.4. The molecule has 2 heterocycles. The molecule has 176 valence electrons. The van der Waals surface area contributed by atoms with E-state index in [4.69, 9.17) is 18.6 Å². The lowest BCUT2D eigenvalue weighted by Crippen LogP contribution is -2.51. The van der Waals surface area contributed by atoms with Crippen LogP contribution in [0.5, 0.6) is 11.5 Å². The lowest BCUT2D eigenvalue weighted by molar-refractivity contribution is -0.149. The molecular weight excluding hydrogens is 447 g/mol. The van der Waals surface area contributed by atoms with Crippen LogP contribution in [0.2, 0.25) is 0 Å². The highest BCUT2D eigenvalue weighted by atomic mass is 19.1. The molecule has 1 atom stereocenters. The van der Waals surface area contributed by atoms with Crippen molar-refractivity contribution in [1.29, 1.82) is 0 Å². The van der Waals surface area contributed by atoms with Crippen LogP contribution >= 0.6 is 0 Å². The van der Waals surface area contributed by atoms with Gasteiger partial charge in [0.25, 0.3) is 11.8 Å². The molecule has 10 heteroatoms. The topological polar surface area (TPSA) is 116 Å². The van der Waals surface area contributed by atoms with Crippen molar-refractivity contribution in [2.24, 2.45) is 0 Å². The van der Waals surface area contributed by atoms with Crippen LogP contribution in [0.25, 0.3) is 11.3 Å². The first-order valence-electron chi connectivity index (χ1n) is 10.5. The van der Waals surface area contributed by atoms with E-state index >= 15 is 0 Å². The van der Waals surface area contributed by atoms with E-state index in [1.165, 1.54) is 6.07 Å². The summed E-state index contributed by atoms with van der Waals surface area (Å²) in [4.78, 5) is 36.0. The third kappa shape index (κ3) is 5.71. The van der Waals surface area contributed by atoms with Gasteiger partial charge in [-0.05, 0) is 36.4 Å². The zero-order chi connectivity index (χ0) is 23.9. The standard InChI is InChI=1S/C24H21FN2O7/c25-17-6-2-1-5-16(17)18-11-9-15(33-18)10-12-23(29)32-14-22(28)26-27-24(30)21-13-31-19-7-3-4-8-20(19)34-21/h1-9,11,21H,10,12-14H2,(H,26,28)(H,27,30). The van der Waals surface area contributed by atoms with E-state index in [0.717, 1.165) is 0 Å². The van der Waals surface area contributed by atoms with Gasteiger partial charge < -0.3 is 18.6 Å². The Bertz CT molecular complexity index is 1190. The highest BCUT2D eigenvalue weighted by molar-refractivity contribution is 5.86. The highest BCUT2D eigenvalue weighted by Gasteiger charge is 2.27. The number of hydrazine groups is 1. The maximum atomic E-state index is 13.8. The van der Waals surface area contributed by atoms with Gasteiger partial charge in [0.05, 0.1) is 12.0 Å². The van der Waals surface area contributed by atoms with Gasteiger partial charge in [-0.15, -0.1) is 0 Å². The summed E-state index contributed by atoms with van der Waals surface area (Å²) < 4.78 is 35.3. The summed E-state index contributed by atoms with van der Waals surface area (Å²) in [5.74, 6) is -0.599. The van der Waals surface area contributed by atoms with Gasteiger partial charge in [0.1, 0.15) is 23.9 Å². The number of fused-ring (bicyclic) bond motifs is 1. The Hall–Kier alpha value is -4.34. The maximum Gasteiger partial charge on any atom is 0.306 e. The predicted molar refractivity (Wildman–Crippen MR) is 116 cm³/mol. The number of ether oxygens (including phenoxy) is 3. The van der Waals surface area contributed by atoms with Crippen LogP contribution in [-0.4, -0.2) is 37.1 Å². The molecule has 0 saturated heterocycles. The SMILES string of the molecule is O=C(COC(=O)CCc1ccc(-c2ccccc2F)o1)NNC(=O)C1COc2ccccc2O1. The van der Waals surface area contributed by atoms with E-state index < -0.39 is 36.3 Å². The fraction of sp³-hybridized carbons (Fsp3) is 0.208. The third-order valence-electron chi connectivity index (χ3n) is 4.87. The average molecular weight is 468 g/mol. The molecule has 1 unspecified atom stereocenters. The number of benzene rings is 2. The van der Waals surface area contributed by atoms with Crippen LogP contribution in [0.3, 0.4) is 0 Å². The highest BCUT2D eigenvalue weighted by Crippen LogP contribution is 2.30. The van der Waals surface area contributed by atoms with Gasteiger partial charge in [0.15, 0.2) is 18.1 Å². The first-order valence-corrected chi connectivity index (χ1v) is 10.5. The molecule has 1 aliphatic rings. The van der Waals surface area contributed by atoms with E-state index in [1.807, 2.05) is 0 Å². The van der Waals surface area contributed by atoms with Crippen LogP contribution in [-0.2, 0) is 25.5 Å². The Morgan fingerprint density at radius 3 is 2.56 bits per heavy atom. The fourth-order valence-corrected chi connectivity index (χ4v) is 3.16. The summed E-state index contributed by atoms with van der Waals surface area (Å²) in [7, 11) is 0. The van der Waals surface area contributed by atoms with Crippen molar-refractivity contribution in [1.82, 2.24) is 10.9 Å². The summed E-state index contributed by atoms with van der Waals surface area (Å²) in [6.07, 6.45) is -0.775. The second-order valence-corrected chi connectivity index (χ2v) is 7.31. The zero-order valence-corrected chi connectivity index (χ0v) is 17.9. The lowest BCUT2D eigenvalue weighted by atomic mass is 10.1.